The van der Waals surface area contributed by atoms with Gasteiger partial charge in [0.05, 0.1) is 24.5 Å². The molecule has 0 aliphatic carbocycles. The number of nitrogen functional groups attached to an aromatic ring is 1. The van der Waals surface area contributed by atoms with E-state index in [9.17, 15) is 4.79 Å². The number of nitrogens with one attached hydrogen (secondary N) is 1. The van der Waals surface area contributed by atoms with Crippen molar-refractivity contribution < 1.29 is 14.6 Å². The first-order valence-electron chi connectivity index (χ1n) is 4.95. The molecule has 4 N–H and O–H groups in total. The zero-order chi connectivity index (χ0) is 12.1. The second-order valence-electron chi connectivity index (χ2n) is 3.49. The van der Waals surface area contributed by atoms with Gasteiger partial charge in [0.2, 0.25) is 0 Å². The zero-order valence-electron chi connectivity index (χ0n) is 9.36. The summed E-state index contributed by atoms with van der Waals surface area (Å²) in [6, 6.07) is 4.95. The lowest BCUT2D eigenvalue weighted by Crippen LogP contribution is -2.30. The Labute approximate surface area is 94.2 Å². The van der Waals surface area contributed by atoms with Crippen molar-refractivity contribution in [2.24, 2.45) is 0 Å². The van der Waals surface area contributed by atoms with Gasteiger partial charge in [0.15, 0.2) is 5.75 Å². The third-order valence-corrected chi connectivity index (χ3v) is 2.05. The summed E-state index contributed by atoms with van der Waals surface area (Å²) >= 11 is 0. The number of rotatable bonds is 4. The minimum atomic E-state index is -0.587. The summed E-state index contributed by atoms with van der Waals surface area (Å²) < 4.78 is 5.06. The van der Waals surface area contributed by atoms with Crippen LogP contribution in [0.15, 0.2) is 18.2 Å². The Balaban J connectivity index is 2.86. The van der Waals surface area contributed by atoms with E-state index < -0.39 is 6.10 Å². The SMILES string of the molecule is COc1c(N)cccc1C(=O)NCC(C)O. The molecule has 5 heteroatoms. The number of carbonyl (C=O) groups excluding carboxylic acids is 1. The van der Waals surface area contributed by atoms with Crippen LogP contribution in [-0.4, -0.2) is 30.8 Å². The van der Waals surface area contributed by atoms with Crippen LogP contribution in [0.25, 0.3) is 0 Å². The Morgan fingerprint density at radius 1 is 1.62 bits per heavy atom. The Bertz CT molecular complexity index is 377. The number of ether oxygens (including phenoxy) is 1. The van der Waals surface area contributed by atoms with Gasteiger partial charge in [-0.2, -0.15) is 0 Å². The van der Waals surface area contributed by atoms with E-state index in [0.29, 0.717) is 17.0 Å². The number of hydrogen-bond acceptors (Lipinski definition) is 4. The molecule has 0 fully saturated rings. The maximum atomic E-state index is 11.7. The molecule has 1 rings (SSSR count). The molecule has 0 saturated carbocycles. The molecule has 1 aromatic rings. The van der Waals surface area contributed by atoms with Crippen molar-refractivity contribution in [3.8, 4) is 5.75 Å². The summed E-state index contributed by atoms with van der Waals surface area (Å²) in [6.07, 6.45) is -0.587. The van der Waals surface area contributed by atoms with Crippen molar-refractivity contribution in [3.05, 3.63) is 23.8 Å². The van der Waals surface area contributed by atoms with Crippen LogP contribution < -0.4 is 15.8 Å². The van der Waals surface area contributed by atoms with E-state index in [1.807, 2.05) is 0 Å². The molecular formula is C11H16N2O3. The molecule has 0 aromatic heterocycles. The maximum Gasteiger partial charge on any atom is 0.255 e. The fraction of sp³-hybridized carbons (Fsp3) is 0.364. The van der Waals surface area contributed by atoms with Gasteiger partial charge in [-0.15, -0.1) is 0 Å². The van der Waals surface area contributed by atoms with E-state index in [1.165, 1.54) is 7.11 Å². The first-order valence-corrected chi connectivity index (χ1v) is 4.95. The number of methoxy groups -OCH3 is 1. The second-order valence-corrected chi connectivity index (χ2v) is 3.49. The highest BCUT2D eigenvalue weighted by atomic mass is 16.5. The highest BCUT2D eigenvalue weighted by Crippen LogP contribution is 2.25. The van der Waals surface area contributed by atoms with Gasteiger partial charge in [-0.3, -0.25) is 4.79 Å². The first kappa shape index (κ1) is 12.3. The molecule has 0 bridgehead atoms. The van der Waals surface area contributed by atoms with Crippen LogP contribution in [-0.2, 0) is 0 Å². The minimum absolute atomic E-state index is 0.191. The summed E-state index contributed by atoms with van der Waals surface area (Å²) in [6.45, 7) is 1.79. The number of para-hydroxylation sites is 1. The number of benzene rings is 1. The van der Waals surface area contributed by atoms with Crippen molar-refractivity contribution in [3.63, 3.8) is 0 Å². The number of aliphatic hydroxyl groups excluding tert-OH is 1. The van der Waals surface area contributed by atoms with Crippen LogP contribution in [0.5, 0.6) is 5.75 Å². The van der Waals surface area contributed by atoms with Gasteiger partial charge in [0.25, 0.3) is 5.91 Å². The predicted octanol–water partition coefficient (Wildman–Crippen LogP) is 0.388. The smallest absolute Gasteiger partial charge is 0.255 e. The fourth-order valence-corrected chi connectivity index (χ4v) is 1.30. The molecular weight excluding hydrogens is 208 g/mol. The summed E-state index contributed by atoms with van der Waals surface area (Å²) in [4.78, 5) is 11.7. The normalized spacial score (nSPS) is 11.9. The summed E-state index contributed by atoms with van der Waals surface area (Å²) in [7, 11) is 1.46. The van der Waals surface area contributed by atoms with E-state index >= 15 is 0 Å². The molecule has 16 heavy (non-hydrogen) atoms. The molecule has 5 nitrogen and oxygen atoms in total. The monoisotopic (exact) mass is 224 g/mol. The summed E-state index contributed by atoms with van der Waals surface area (Å²) in [5.74, 6) is 0.0376. The predicted molar refractivity (Wildman–Crippen MR) is 61.4 cm³/mol. The summed E-state index contributed by atoms with van der Waals surface area (Å²) in [5.41, 5.74) is 6.44. The number of aliphatic hydroxyl groups is 1. The average Bonchev–Trinajstić information content (AvgIpc) is 2.25. The van der Waals surface area contributed by atoms with Crippen LogP contribution in [0, 0.1) is 0 Å². The number of anilines is 1. The highest BCUT2D eigenvalue weighted by molar-refractivity contribution is 5.98. The molecule has 88 valence electrons. The second kappa shape index (κ2) is 5.37. The Kier molecular flexibility index (Phi) is 4.13. The standard InChI is InChI=1S/C11H16N2O3/c1-7(14)6-13-11(15)8-4-3-5-9(12)10(8)16-2/h3-5,7,14H,6,12H2,1-2H3,(H,13,15). The molecule has 0 spiro atoms. The van der Waals surface area contributed by atoms with E-state index in [4.69, 9.17) is 15.6 Å². The van der Waals surface area contributed by atoms with Crippen molar-refractivity contribution in [2.75, 3.05) is 19.4 Å². The fourth-order valence-electron chi connectivity index (χ4n) is 1.30. The Morgan fingerprint density at radius 2 is 2.31 bits per heavy atom. The topological polar surface area (TPSA) is 84.6 Å². The largest absolute Gasteiger partial charge is 0.494 e. The van der Waals surface area contributed by atoms with Crippen LogP contribution >= 0.6 is 0 Å². The van der Waals surface area contributed by atoms with Crippen LogP contribution in [0.2, 0.25) is 0 Å². The summed E-state index contributed by atoms with van der Waals surface area (Å²) in [5, 5.41) is 11.6. The van der Waals surface area contributed by atoms with Gasteiger partial charge in [-0.1, -0.05) is 6.07 Å². The van der Waals surface area contributed by atoms with Gasteiger partial charge in [-0.25, -0.2) is 0 Å². The molecule has 1 amide bonds. The van der Waals surface area contributed by atoms with Gasteiger partial charge in [-0.05, 0) is 19.1 Å². The lowest BCUT2D eigenvalue weighted by molar-refractivity contribution is 0.0921. The lowest BCUT2D eigenvalue weighted by atomic mass is 10.1. The number of nitrogens with two attached hydrogens (primary N) is 1. The molecule has 1 unspecified atom stereocenters. The molecule has 0 radical (unpaired) electrons. The quantitative estimate of drug-likeness (QED) is 0.646. The van der Waals surface area contributed by atoms with Crippen LogP contribution in [0.1, 0.15) is 17.3 Å². The van der Waals surface area contributed by atoms with Gasteiger partial charge >= 0.3 is 0 Å². The van der Waals surface area contributed by atoms with E-state index in [-0.39, 0.29) is 12.5 Å². The van der Waals surface area contributed by atoms with Gasteiger partial charge < -0.3 is 20.9 Å². The van der Waals surface area contributed by atoms with Crippen LogP contribution in [0.4, 0.5) is 5.69 Å². The Hall–Kier alpha value is -1.75. The van der Waals surface area contributed by atoms with Crippen molar-refractivity contribution in [1.29, 1.82) is 0 Å². The number of hydrogen-bond donors (Lipinski definition) is 3. The van der Waals surface area contributed by atoms with Crippen molar-refractivity contribution in [1.82, 2.24) is 5.32 Å². The first-order chi connectivity index (χ1) is 7.56. The maximum absolute atomic E-state index is 11.7. The van der Waals surface area contributed by atoms with E-state index in [1.54, 1.807) is 25.1 Å². The zero-order valence-corrected chi connectivity index (χ0v) is 9.36. The van der Waals surface area contributed by atoms with Crippen molar-refractivity contribution >= 4 is 11.6 Å². The number of amides is 1. The average molecular weight is 224 g/mol. The molecule has 0 aliphatic rings. The number of carbonyl (C=O) groups is 1. The molecule has 1 atom stereocenters. The highest BCUT2D eigenvalue weighted by Gasteiger charge is 2.14. The molecule has 0 saturated heterocycles. The third-order valence-electron chi connectivity index (χ3n) is 2.05. The molecule has 0 heterocycles. The van der Waals surface area contributed by atoms with Crippen molar-refractivity contribution in [2.45, 2.75) is 13.0 Å². The van der Waals surface area contributed by atoms with Crippen LogP contribution in [0.3, 0.4) is 0 Å². The molecule has 1 aromatic carbocycles. The van der Waals surface area contributed by atoms with E-state index in [0.717, 1.165) is 0 Å². The van der Waals surface area contributed by atoms with Gasteiger partial charge in [0.1, 0.15) is 0 Å². The van der Waals surface area contributed by atoms with E-state index in [2.05, 4.69) is 5.32 Å². The lowest BCUT2D eigenvalue weighted by Gasteiger charge is -2.11. The van der Waals surface area contributed by atoms with Gasteiger partial charge in [0, 0.05) is 6.54 Å². The molecule has 0 aliphatic heterocycles. The minimum Gasteiger partial charge on any atom is -0.494 e. The third kappa shape index (κ3) is 2.87. The Morgan fingerprint density at radius 3 is 2.88 bits per heavy atom.